The summed E-state index contributed by atoms with van der Waals surface area (Å²) in [6.45, 7) is 5.82. The summed E-state index contributed by atoms with van der Waals surface area (Å²) in [7, 11) is 0. The molecule has 2 aromatic rings. The van der Waals surface area contributed by atoms with Gasteiger partial charge in [0.25, 0.3) is 5.56 Å². The lowest BCUT2D eigenvalue weighted by atomic mass is 10.4. The molecule has 0 bridgehead atoms. The lowest BCUT2D eigenvalue weighted by Crippen LogP contribution is -2.45. The van der Waals surface area contributed by atoms with E-state index in [0.29, 0.717) is 35.5 Å². The number of hydrogen-bond donors (Lipinski definition) is 0. The molecule has 0 aliphatic carbocycles. The summed E-state index contributed by atoms with van der Waals surface area (Å²) in [5, 5.41) is 0. The standard InChI is InChI=1S/C19H22N2O5S2/c1-3-26-18(23)11-17-21(12-16(22)20-6-8-25-9-7-20)19(24)15(28-17)10-14-5-4-13(2)27-14/h4-5,10-11H,3,6-9,12H2,1-2H3/b15-10-,17-11-. The average Bonchev–Trinajstić information content (AvgIpc) is 3.21. The van der Waals surface area contributed by atoms with Crippen molar-refractivity contribution in [3.8, 4) is 0 Å². The van der Waals surface area contributed by atoms with Gasteiger partial charge in [-0.15, -0.1) is 22.7 Å². The number of aryl methyl sites for hydroxylation is 1. The molecule has 0 radical (unpaired) electrons. The third kappa shape index (κ3) is 4.98. The Morgan fingerprint density at radius 3 is 2.64 bits per heavy atom. The Bertz CT molecular complexity index is 1030. The van der Waals surface area contributed by atoms with Gasteiger partial charge >= 0.3 is 5.97 Å². The quantitative estimate of drug-likeness (QED) is 0.648. The second kappa shape index (κ2) is 9.31. The van der Waals surface area contributed by atoms with Crippen molar-refractivity contribution in [1.82, 2.24) is 9.47 Å². The van der Waals surface area contributed by atoms with E-state index >= 15 is 0 Å². The van der Waals surface area contributed by atoms with Crippen LogP contribution in [-0.2, 0) is 25.6 Å². The molecule has 1 amide bonds. The molecule has 28 heavy (non-hydrogen) atoms. The third-order valence-electron chi connectivity index (χ3n) is 4.16. The minimum atomic E-state index is -0.533. The van der Waals surface area contributed by atoms with E-state index in [1.807, 2.05) is 19.1 Å². The highest BCUT2D eigenvalue weighted by molar-refractivity contribution is 7.13. The fourth-order valence-corrected chi connectivity index (χ4v) is 4.70. The number of rotatable bonds is 5. The largest absolute Gasteiger partial charge is 0.463 e. The van der Waals surface area contributed by atoms with Crippen LogP contribution in [0.25, 0.3) is 12.2 Å². The number of nitrogens with zero attached hydrogens (tertiary/aromatic N) is 2. The summed E-state index contributed by atoms with van der Waals surface area (Å²) in [6.07, 6.45) is 3.07. The number of carbonyl (C=O) groups is 2. The van der Waals surface area contributed by atoms with Gasteiger partial charge in [-0.1, -0.05) is 0 Å². The van der Waals surface area contributed by atoms with Gasteiger partial charge < -0.3 is 14.4 Å². The Labute approximate surface area is 170 Å². The molecule has 1 fully saturated rings. The maximum atomic E-state index is 12.9. The number of thiophene rings is 1. The van der Waals surface area contributed by atoms with E-state index in [-0.39, 0.29) is 24.6 Å². The van der Waals surface area contributed by atoms with Crippen LogP contribution in [0.3, 0.4) is 0 Å². The van der Waals surface area contributed by atoms with Gasteiger partial charge in [0.15, 0.2) is 0 Å². The van der Waals surface area contributed by atoms with Crippen LogP contribution in [0.1, 0.15) is 16.7 Å². The van der Waals surface area contributed by atoms with Crippen molar-refractivity contribution >= 4 is 46.7 Å². The molecule has 0 N–H and O–H groups in total. The third-order valence-corrected chi connectivity index (χ3v) is 6.16. The van der Waals surface area contributed by atoms with Gasteiger partial charge in [0.1, 0.15) is 11.2 Å². The first kappa shape index (κ1) is 20.5. The van der Waals surface area contributed by atoms with E-state index in [2.05, 4.69) is 0 Å². The molecule has 3 heterocycles. The van der Waals surface area contributed by atoms with Crippen molar-refractivity contribution in [2.45, 2.75) is 20.4 Å². The molecule has 150 valence electrons. The molecule has 0 unspecified atom stereocenters. The first-order chi connectivity index (χ1) is 13.5. The zero-order valence-electron chi connectivity index (χ0n) is 15.8. The summed E-state index contributed by atoms with van der Waals surface area (Å²) in [6, 6.07) is 3.92. The number of hydrogen-bond acceptors (Lipinski definition) is 7. The fraction of sp³-hybridized carbons (Fsp3) is 0.421. The number of thiazole rings is 1. The molecule has 1 aliphatic heterocycles. The topological polar surface area (TPSA) is 77.8 Å². The highest BCUT2D eigenvalue weighted by Crippen LogP contribution is 2.15. The predicted molar refractivity (Wildman–Crippen MR) is 109 cm³/mol. The normalized spacial score (nSPS) is 15.9. The lowest BCUT2D eigenvalue weighted by molar-refractivity contribution is -0.136. The minimum absolute atomic E-state index is 0.113. The number of morpholine rings is 1. The van der Waals surface area contributed by atoms with Gasteiger partial charge in [0.2, 0.25) is 5.91 Å². The molecule has 0 atom stereocenters. The average molecular weight is 423 g/mol. The van der Waals surface area contributed by atoms with E-state index in [4.69, 9.17) is 9.47 Å². The minimum Gasteiger partial charge on any atom is -0.463 e. The van der Waals surface area contributed by atoms with E-state index < -0.39 is 5.97 Å². The number of aromatic nitrogens is 1. The van der Waals surface area contributed by atoms with E-state index in [1.54, 1.807) is 29.2 Å². The van der Waals surface area contributed by atoms with Crippen LogP contribution in [0.15, 0.2) is 16.9 Å². The highest BCUT2D eigenvalue weighted by atomic mass is 32.1. The fourth-order valence-electron chi connectivity index (χ4n) is 2.79. The SMILES string of the molecule is CCOC(=O)/C=c1\s/c(=C\c2ccc(C)s2)c(=O)n1CC(=O)N1CCOCC1. The van der Waals surface area contributed by atoms with Crippen molar-refractivity contribution < 1.29 is 19.1 Å². The second-order valence-electron chi connectivity index (χ2n) is 6.18. The lowest BCUT2D eigenvalue weighted by Gasteiger charge is -2.26. The van der Waals surface area contributed by atoms with Crippen molar-refractivity contribution in [3.05, 3.63) is 41.4 Å². The van der Waals surface area contributed by atoms with Crippen molar-refractivity contribution in [2.75, 3.05) is 32.9 Å². The molecule has 9 heteroatoms. The van der Waals surface area contributed by atoms with E-state index in [0.717, 1.165) is 9.75 Å². The van der Waals surface area contributed by atoms with Crippen molar-refractivity contribution in [2.24, 2.45) is 0 Å². The number of amides is 1. The van der Waals surface area contributed by atoms with Crippen LogP contribution in [-0.4, -0.2) is 54.3 Å². The van der Waals surface area contributed by atoms with Gasteiger partial charge in [0.05, 0.1) is 30.4 Å². The predicted octanol–water partition coefficient (Wildman–Crippen LogP) is 0.311. The van der Waals surface area contributed by atoms with Gasteiger partial charge in [-0.05, 0) is 32.1 Å². The van der Waals surface area contributed by atoms with Crippen LogP contribution in [0.5, 0.6) is 0 Å². The maximum Gasteiger partial charge on any atom is 0.333 e. The summed E-state index contributed by atoms with van der Waals surface area (Å²) < 4.78 is 12.5. The van der Waals surface area contributed by atoms with Crippen LogP contribution in [0, 0.1) is 6.92 Å². The summed E-state index contributed by atoms with van der Waals surface area (Å²) >= 11 is 2.76. The number of ether oxygens (including phenoxy) is 2. The Morgan fingerprint density at radius 1 is 1.25 bits per heavy atom. The molecule has 2 aromatic heterocycles. The number of carbonyl (C=O) groups excluding carboxylic acids is 2. The molecule has 0 aromatic carbocycles. The molecule has 0 spiro atoms. The molecular formula is C19H22N2O5S2. The smallest absolute Gasteiger partial charge is 0.333 e. The van der Waals surface area contributed by atoms with Crippen LogP contribution in [0.2, 0.25) is 0 Å². The molecular weight excluding hydrogens is 400 g/mol. The van der Waals surface area contributed by atoms with Gasteiger partial charge in [-0.3, -0.25) is 14.2 Å². The zero-order chi connectivity index (χ0) is 20.1. The Morgan fingerprint density at radius 2 is 2.00 bits per heavy atom. The van der Waals surface area contributed by atoms with Crippen LogP contribution < -0.4 is 14.8 Å². The molecule has 7 nitrogen and oxygen atoms in total. The van der Waals surface area contributed by atoms with Gasteiger partial charge in [-0.2, -0.15) is 0 Å². The maximum absolute atomic E-state index is 12.9. The zero-order valence-corrected chi connectivity index (χ0v) is 17.4. The van der Waals surface area contributed by atoms with Crippen molar-refractivity contribution in [1.29, 1.82) is 0 Å². The Kier molecular flexibility index (Phi) is 6.82. The first-order valence-electron chi connectivity index (χ1n) is 8.99. The molecule has 1 aliphatic rings. The Balaban J connectivity index is 2.00. The second-order valence-corrected chi connectivity index (χ2v) is 8.56. The Hall–Kier alpha value is -2.23. The van der Waals surface area contributed by atoms with Crippen LogP contribution in [0.4, 0.5) is 0 Å². The molecule has 3 rings (SSSR count). The summed E-state index contributed by atoms with van der Waals surface area (Å²) in [4.78, 5) is 41.3. The van der Waals surface area contributed by atoms with Crippen LogP contribution >= 0.6 is 22.7 Å². The summed E-state index contributed by atoms with van der Waals surface area (Å²) in [5.74, 6) is -0.699. The van der Waals surface area contributed by atoms with Gasteiger partial charge in [-0.25, -0.2) is 4.79 Å². The van der Waals surface area contributed by atoms with E-state index in [1.165, 1.54) is 22.0 Å². The van der Waals surface area contributed by atoms with Gasteiger partial charge in [0, 0.05) is 22.8 Å². The number of esters is 1. The highest BCUT2D eigenvalue weighted by Gasteiger charge is 2.19. The van der Waals surface area contributed by atoms with Crippen molar-refractivity contribution in [3.63, 3.8) is 0 Å². The van der Waals surface area contributed by atoms with E-state index in [9.17, 15) is 14.4 Å². The first-order valence-corrected chi connectivity index (χ1v) is 10.6. The summed E-state index contributed by atoms with van der Waals surface area (Å²) in [5.41, 5.74) is -0.284. The molecule has 0 saturated carbocycles. The monoisotopic (exact) mass is 422 g/mol. The molecule has 1 saturated heterocycles.